The van der Waals surface area contributed by atoms with Crippen LogP contribution in [0.25, 0.3) is 0 Å². The van der Waals surface area contributed by atoms with Gasteiger partial charge in [0.25, 0.3) is 0 Å². The Morgan fingerprint density at radius 3 is 2.20 bits per heavy atom. The molecule has 44 heavy (non-hydrogen) atoms. The Hall–Kier alpha value is -3.93. The Bertz CT molecular complexity index is 1520. The van der Waals surface area contributed by atoms with Crippen LogP contribution < -0.4 is 20.1 Å². The normalized spacial score (nSPS) is 27.5. The summed E-state index contributed by atoms with van der Waals surface area (Å²) in [4.78, 5) is 43.8. The number of carbonyl (C=O) groups is 3. The summed E-state index contributed by atoms with van der Waals surface area (Å²) in [7, 11) is 1.56. The van der Waals surface area contributed by atoms with Gasteiger partial charge >= 0.3 is 0 Å². The van der Waals surface area contributed by atoms with Gasteiger partial charge in [-0.2, -0.15) is 0 Å². The zero-order valence-electron chi connectivity index (χ0n) is 24.3. The Morgan fingerprint density at radius 1 is 1.00 bits per heavy atom. The molecule has 0 saturated carbocycles. The van der Waals surface area contributed by atoms with E-state index in [9.17, 15) is 19.5 Å². The molecule has 3 aliphatic heterocycles. The van der Waals surface area contributed by atoms with Crippen molar-refractivity contribution < 1.29 is 33.7 Å². The number of hydrogen-bond donors (Lipinski definition) is 3. The molecule has 3 unspecified atom stereocenters. The molecule has 3 aliphatic rings. The number of aliphatic hydroxyl groups excluding tert-OH is 1. The van der Waals surface area contributed by atoms with Gasteiger partial charge in [0.15, 0.2) is 0 Å². The van der Waals surface area contributed by atoms with Gasteiger partial charge in [0.05, 0.1) is 44.3 Å². The van der Waals surface area contributed by atoms with Crippen molar-refractivity contribution in [1.82, 2.24) is 4.90 Å². The molecule has 3 N–H and O–H groups in total. The average molecular weight is 665 g/mol. The van der Waals surface area contributed by atoms with Crippen LogP contribution in [-0.2, 0) is 19.1 Å². The topological polar surface area (TPSA) is 126 Å². The van der Waals surface area contributed by atoms with Crippen LogP contribution in [0.3, 0.4) is 0 Å². The summed E-state index contributed by atoms with van der Waals surface area (Å²) < 4.78 is 17.3. The number of carbonyl (C=O) groups excluding carboxylic acids is 3. The molecule has 0 aromatic heterocycles. The first-order chi connectivity index (χ1) is 21.3. The van der Waals surface area contributed by atoms with E-state index in [-0.39, 0.29) is 10.7 Å². The fourth-order valence-corrected chi connectivity index (χ4v) is 7.89. The minimum Gasteiger partial charge on any atom is -0.497 e. The van der Waals surface area contributed by atoms with Crippen LogP contribution in [0.2, 0.25) is 0 Å². The lowest BCUT2D eigenvalue weighted by Crippen LogP contribution is -2.55. The third kappa shape index (κ3) is 5.12. The van der Waals surface area contributed by atoms with E-state index in [1.54, 1.807) is 67.8 Å². The maximum absolute atomic E-state index is 14.5. The van der Waals surface area contributed by atoms with Crippen molar-refractivity contribution >= 4 is 45.0 Å². The third-order valence-corrected chi connectivity index (χ3v) is 9.61. The second-order valence-corrected chi connectivity index (χ2v) is 12.4. The number of likely N-dealkylation sites (tertiary alicyclic amines) is 1. The van der Waals surface area contributed by atoms with Crippen LogP contribution in [0, 0.1) is 11.8 Å². The largest absolute Gasteiger partial charge is 0.497 e. The molecular weight excluding hydrogens is 630 g/mol. The first-order valence-electron chi connectivity index (χ1n) is 14.6. The minimum atomic E-state index is -1.30. The molecule has 3 amide bonds. The van der Waals surface area contributed by atoms with Crippen molar-refractivity contribution in [1.29, 1.82) is 0 Å². The van der Waals surface area contributed by atoms with Crippen molar-refractivity contribution in [3.05, 3.63) is 84.4 Å². The molecule has 2 bridgehead atoms. The van der Waals surface area contributed by atoms with E-state index in [0.29, 0.717) is 41.5 Å². The number of nitrogens with one attached hydrogen (secondary N) is 2. The van der Waals surface area contributed by atoms with Gasteiger partial charge in [0.2, 0.25) is 17.7 Å². The lowest BCUT2D eigenvalue weighted by molar-refractivity contribution is -0.143. The van der Waals surface area contributed by atoms with Gasteiger partial charge in [-0.1, -0.05) is 46.3 Å². The summed E-state index contributed by atoms with van der Waals surface area (Å²) in [5, 5.41) is 16.5. The molecule has 230 valence electrons. The van der Waals surface area contributed by atoms with Crippen LogP contribution in [0.15, 0.2) is 78.9 Å². The highest BCUT2D eigenvalue weighted by Crippen LogP contribution is 2.61. The smallest absolute Gasteiger partial charge is 0.250 e. The quantitative estimate of drug-likeness (QED) is 0.278. The number of alkyl halides is 1. The molecule has 3 aromatic rings. The van der Waals surface area contributed by atoms with E-state index in [4.69, 9.17) is 14.2 Å². The lowest BCUT2D eigenvalue weighted by atomic mass is 9.70. The molecule has 3 heterocycles. The molecule has 1 spiro atoms. The molecule has 3 saturated heterocycles. The number of nitrogens with zero attached hydrogens (tertiary/aromatic N) is 1. The molecule has 7 atom stereocenters. The second kappa shape index (κ2) is 12.2. The van der Waals surface area contributed by atoms with E-state index < -0.39 is 54.0 Å². The third-order valence-electron chi connectivity index (χ3n) is 8.76. The van der Waals surface area contributed by atoms with Crippen molar-refractivity contribution in [2.75, 3.05) is 31.0 Å². The van der Waals surface area contributed by atoms with E-state index in [0.717, 1.165) is 0 Å². The summed E-state index contributed by atoms with van der Waals surface area (Å²) in [6.45, 7) is 1.99. The van der Waals surface area contributed by atoms with Gasteiger partial charge < -0.3 is 34.9 Å². The highest BCUT2D eigenvalue weighted by molar-refractivity contribution is 9.09. The predicted octanol–water partition coefficient (Wildman–Crippen LogP) is 4.15. The highest BCUT2D eigenvalue weighted by atomic mass is 79.9. The zero-order chi connectivity index (χ0) is 31.0. The summed E-state index contributed by atoms with van der Waals surface area (Å²) in [6.07, 6.45) is -0.292. The zero-order valence-corrected chi connectivity index (χ0v) is 25.9. The molecule has 3 fully saturated rings. The number of methoxy groups -OCH3 is 1. The second-order valence-electron chi connectivity index (χ2n) is 11.2. The van der Waals surface area contributed by atoms with Gasteiger partial charge in [-0.3, -0.25) is 14.4 Å². The number of fused-ring (bicyclic) bond motifs is 1. The standard InChI is InChI=1S/C33H34BrN3O7/c1-3-43-23-15-11-20(12-16-23)35-30(39)26-27-32(41)37(25(18-38)19-7-5-4-6-8-19)29(33(27)17-24(34)28(26)44-33)31(40)36-21-9-13-22(42-2)14-10-21/h4-16,24-29,38H,3,17-18H2,1-2H3,(H,35,39)(H,36,40)/t24?,25-,26+,27+,28+,29?,33?/m1/s1. The van der Waals surface area contributed by atoms with E-state index in [2.05, 4.69) is 26.6 Å². The van der Waals surface area contributed by atoms with Gasteiger partial charge in [0.1, 0.15) is 23.1 Å². The molecule has 0 radical (unpaired) electrons. The van der Waals surface area contributed by atoms with Gasteiger partial charge in [0, 0.05) is 16.2 Å². The van der Waals surface area contributed by atoms with Crippen molar-refractivity contribution in [3.8, 4) is 11.5 Å². The van der Waals surface area contributed by atoms with E-state index >= 15 is 0 Å². The fourth-order valence-electron chi connectivity index (χ4n) is 6.94. The van der Waals surface area contributed by atoms with Crippen LogP contribution in [0.5, 0.6) is 11.5 Å². The fraction of sp³-hybridized carbons (Fsp3) is 0.364. The Labute approximate surface area is 263 Å². The van der Waals surface area contributed by atoms with E-state index in [1.807, 2.05) is 25.1 Å². The SMILES string of the molecule is CCOc1ccc(NC(=O)[C@H]2[C@H]3C(=O)N([C@H](CO)c4ccccc4)C(C(=O)Nc4ccc(OC)cc4)C34CC(Br)[C@@H]2O4)cc1. The maximum Gasteiger partial charge on any atom is 0.250 e. The number of anilines is 2. The highest BCUT2D eigenvalue weighted by Gasteiger charge is 2.77. The molecule has 11 heteroatoms. The summed E-state index contributed by atoms with van der Waals surface area (Å²) in [6, 6.07) is 21.0. The average Bonchev–Trinajstić information content (AvgIpc) is 3.63. The first-order valence-corrected chi connectivity index (χ1v) is 15.5. The Kier molecular flexibility index (Phi) is 8.36. The molecular formula is C33H34BrN3O7. The Morgan fingerprint density at radius 2 is 1.61 bits per heavy atom. The molecule has 10 nitrogen and oxygen atoms in total. The number of aliphatic hydroxyl groups is 1. The number of amides is 3. The van der Waals surface area contributed by atoms with Gasteiger partial charge in [-0.15, -0.1) is 0 Å². The van der Waals surface area contributed by atoms with E-state index in [1.165, 1.54) is 4.90 Å². The summed E-state index contributed by atoms with van der Waals surface area (Å²) in [5.41, 5.74) is 0.434. The van der Waals surface area contributed by atoms with Crippen LogP contribution in [0.4, 0.5) is 11.4 Å². The first kappa shape index (κ1) is 30.1. The van der Waals surface area contributed by atoms with Crippen LogP contribution in [-0.4, -0.2) is 70.6 Å². The number of halogens is 1. The summed E-state index contributed by atoms with van der Waals surface area (Å²) >= 11 is 3.70. The van der Waals surface area contributed by atoms with Crippen molar-refractivity contribution in [3.63, 3.8) is 0 Å². The number of ether oxygens (including phenoxy) is 3. The minimum absolute atomic E-state index is 0.275. The van der Waals surface area contributed by atoms with Gasteiger partial charge in [-0.05, 0) is 67.4 Å². The number of rotatable bonds is 10. The van der Waals surface area contributed by atoms with Crippen molar-refractivity contribution in [2.45, 2.75) is 42.0 Å². The van der Waals surface area contributed by atoms with Crippen LogP contribution >= 0.6 is 15.9 Å². The molecule has 3 aromatic carbocycles. The van der Waals surface area contributed by atoms with Crippen molar-refractivity contribution in [2.24, 2.45) is 11.8 Å². The van der Waals surface area contributed by atoms with Gasteiger partial charge in [-0.25, -0.2) is 0 Å². The number of hydrogen-bond acceptors (Lipinski definition) is 7. The monoisotopic (exact) mass is 663 g/mol. The predicted molar refractivity (Wildman–Crippen MR) is 167 cm³/mol. The maximum atomic E-state index is 14.5. The lowest BCUT2D eigenvalue weighted by Gasteiger charge is -2.37. The van der Waals surface area contributed by atoms with Crippen LogP contribution in [0.1, 0.15) is 24.9 Å². The Balaban J connectivity index is 1.37. The molecule has 6 rings (SSSR count). The number of benzene rings is 3. The summed E-state index contributed by atoms with van der Waals surface area (Å²) in [5.74, 6) is -1.75. The molecule has 0 aliphatic carbocycles.